The maximum atomic E-state index is 13.7. The van der Waals surface area contributed by atoms with Gasteiger partial charge in [0.25, 0.3) is 0 Å². The van der Waals surface area contributed by atoms with Gasteiger partial charge in [0.2, 0.25) is 5.91 Å². The fourth-order valence-electron chi connectivity index (χ4n) is 4.16. The average molecular weight is 446 g/mol. The highest BCUT2D eigenvalue weighted by atomic mass is 19.4. The Morgan fingerprint density at radius 1 is 1.19 bits per heavy atom. The second kappa shape index (κ2) is 7.66. The van der Waals surface area contributed by atoms with E-state index in [9.17, 15) is 31.9 Å². The zero-order chi connectivity index (χ0) is 22.4. The van der Waals surface area contributed by atoms with Crippen LogP contribution in [0.5, 0.6) is 5.75 Å². The van der Waals surface area contributed by atoms with Crippen LogP contribution in [0.1, 0.15) is 36.4 Å². The minimum absolute atomic E-state index is 0.0335. The van der Waals surface area contributed by atoms with Crippen LogP contribution in [0.3, 0.4) is 0 Å². The number of alkyl halides is 5. The predicted molar refractivity (Wildman–Crippen MR) is 99.0 cm³/mol. The second-order valence-corrected chi connectivity index (χ2v) is 7.58. The molecule has 2 aliphatic rings. The number of aliphatic hydroxyl groups is 1. The third kappa shape index (κ3) is 3.91. The van der Waals surface area contributed by atoms with Crippen molar-refractivity contribution in [3.8, 4) is 5.75 Å². The van der Waals surface area contributed by atoms with Gasteiger partial charge in [-0.15, -0.1) is 0 Å². The number of rotatable bonds is 4. The number of ether oxygens (including phenoxy) is 1. The number of H-pyrrole nitrogens is 1. The summed E-state index contributed by atoms with van der Waals surface area (Å²) in [6.45, 7) is -1.93. The normalized spacial score (nSPS) is 22.4. The number of aromatic amines is 1. The van der Waals surface area contributed by atoms with Crippen molar-refractivity contribution in [2.75, 3.05) is 23.3 Å². The molecule has 0 spiro atoms. The van der Waals surface area contributed by atoms with Gasteiger partial charge in [-0.1, -0.05) is 0 Å². The summed E-state index contributed by atoms with van der Waals surface area (Å²) < 4.78 is 69.8. The summed E-state index contributed by atoms with van der Waals surface area (Å²) in [6.07, 6.45) is -5.24. The van der Waals surface area contributed by atoms with Gasteiger partial charge in [-0.25, -0.2) is 0 Å². The van der Waals surface area contributed by atoms with Crippen molar-refractivity contribution < 1.29 is 36.6 Å². The average Bonchev–Trinajstić information content (AvgIpc) is 3.12. The van der Waals surface area contributed by atoms with E-state index in [4.69, 9.17) is 0 Å². The van der Waals surface area contributed by atoms with Crippen LogP contribution in [0.4, 0.5) is 33.5 Å². The number of halogens is 5. The first-order chi connectivity index (χ1) is 14.6. The van der Waals surface area contributed by atoms with Gasteiger partial charge in [0.1, 0.15) is 5.75 Å². The maximum Gasteiger partial charge on any atom is 0.422 e. The number of amides is 1. The van der Waals surface area contributed by atoms with Gasteiger partial charge >= 0.3 is 12.8 Å². The molecule has 2 aliphatic heterocycles. The number of carbonyl (C=O) groups is 1. The number of benzene rings is 1. The Labute approximate surface area is 173 Å². The topological polar surface area (TPSA) is 90.5 Å². The summed E-state index contributed by atoms with van der Waals surface area (Å²) in [7, 11) is 0. The molecule has 7 nitrogen and oxygen atoms in total. The van der Waals surface area contributed by atoms with Gasteiger partial charge in [0.15, 0.2) is 11.4 Å². The van der Waals surface area contributed by atoms with E-state index < -0.39 is 36.3 Å². The Morgan fingerprint density at radius 3 is 2.42 bits per heavy atom. The molecule has 168 valence electrons. The van der Waals surface area contributed by atoms with E-state index >= 15 is 0 Å². The maximum absolute atomic E-state index is 13.7. The van der Waals surface area contributed by atoms with Gasteiger partial charge in [0.05, 0.1) is 12.0 Å². The summed E-state index contributed by atoms with van der Waals surface area (Å²) in [5, 5.41) is 19.1. The summed E-state index contributed by atoms with van der Waals surface area (Å²) in [5.41, 5.74) is -2.79. The second-order valence-electron chi connectivity index (χ2n) is 7.58. The fourth-order valence-corrected chi connectivity index (χ4v) is 4.16. The van der Waals surface area contributed by atoms with Crippen molar-refractivity contribution in [1.82, 2.24) is 10.2 Å². The monoisotopic (exact) mass is 446 g/mol. The number of nitrogens with zero attached hydrogens (tertiary/aromatic N) is 2. The largest absolute Gasteiger partial charge is 0.435 e. The van der Waals surface area contributed by atoms with Crippen LogP contribution in [-0.2, 0) is 10.4 Å². The highest BCUT2D eigenvalue weighted by molar-refractivity contribution is 5.94. The van der Waals surface area contributed by atoms with Crippen molar-refractivity contribution in [3.63, 3.8) is 0 Å². The molecule has 12 heteroatoms. The molecule has 2 aromatic rings. The van der Waals surface area contributed by atoms with Crippen molar-refractivity contribution in [3.05, 3.63) is 35.5 Å². The minimum Gasteiger partial charge on any atom is -0.435 e. The molecule has 1 saturated heterocycles. The number of anilines is 2. The molecule has 1 aromatic carbocycles. The van der Waals surface area contributed by atoms with Gasteiger partial charge in [-0.2, -0.15) is 27.1 Å². The number of nitrogens with one attached hydrogen (secondary N) is 2. The van der Waals surface area contributed by atoms with E-state index in [1.54, 1.807) is 12.1 Å². The van der Waals surface area contributed by atoms with Gasteiger partial charge in [-0.3, -0.25) is 9.89 Å². The van der Waals surface area contributed by atoms with Gasteiger partial charge < -0.3 is 20.1 Å². The Bertz CT molecular complexity index is 954. The lowest BCUT2D eigenvalue weighted by Gasteiger charge is -2.37. The fraction of sp³-hybridized carbons (Fsp3) is 0.474. The summed E-state index contributed by atoms with van der Waals surface area (Å²) >= 11 is 0. The molecular formula is C19H19F5N4O3. The summed E-state index contributed by atoms with van der Waals surface area (Å²) in [6, 6.07) is 6.11. The quantitative estimate of drug-likeness (QED) is 0.626. The lowest BCUT2D eigenvalue weighted by molar-refractivity contribution is -0.267. The minimum atomic E-state index is -5.04. The number of aromatic nitrogens is 2. The molecule has 0 bridgehead atoms. The predicted octanol–water partition coefficient (Wildman–Crippen LogP) is 3.49. The van der Waals surface area contributed by atoms with Crippen LogP contribution in [0.15, 0.2) is 24.3 Å². The summed E-state index contributed by atoms with van der Waals surface area (Å²) in [5.74, 6) is -1.56. The number of fused-ring (bicyclic) bond motifs is 1. The Hall–Kier alpha value is -2.89. The van der Waals surface area contributed by atoms with Crippen LogP contribution in [0.25, 0.3) is 0 Å². The summed E-state index contributed by atoms with van der Waals surface area (Å²) in [4.78, 5) is 13.6. The van der Waals surface area contributed by atoms with Crippen LogP contribution in [0.2, 0.25) is 0 Å². The molecule has 1 amide bonds. The molecule has 31 heavy (non-hydrogen) atoms. The Kier molecular flexibility index (Phi) is 5.28. The zero-order valence-electron chi connectivity index (χ0n) is 16.0. The highest BCUT2D eigenvalue weighted by Crippen LogP contribution is 2.49. The van der Waals surface area contributed by atoms with Crippen LogP contribution in [-0.4, -0.2) is 47.1 Å². The lowest BCUT2D eigenvalue weighted by atomic mass is 9.81. The van der Waals surface area contributed by atoms with E-state index in [1.165, 1.54) is 12.1 Å². The Balaban J connectivity index is 1.51. The van der Waals surface area contributed by atoms with E-state index in [2.05, 4.69) is 20.3 Å². The van der Waals surface area contributed by atoms with Crippen molar-refractivity contribution in [2.45, 2.75) is 43.6 Å². The third-order valence-electron chi connectivity index (χ3n) is 5.68. The molecule has 1 aromatic heterocycles. The first-order valence-corrected chi connectivity index (χ1v) is 9.56. The molecule has 0 radical (unpaired) electrons. The van der Waals surface area contributed by atoms with Crippen LogP contribution >= 0.6 is 0 Å². The van der Waals surface area contributed by atoms with E-state index in [-0.39, 0.29) is 23.2 Å². The lowest BCUT2D eigenvalue weighted by Crippen LogP contribution is -2.48. The first kappa shape index (κ1) is 21.3. The molecule has 0 unspecified atom stereocenters. The SMILES string of the molecule is O=C1C[C@@](O)(C(F)(F)F)c2c(n[nH]c2C2CCN(c3ccc(OC(F)F)cc3)CC2)N1. The smallest absolute Gasteiger partial charge is 0.422 e. The van der Waals surface area contributed by atoms with Gasteiger partial charge in [0, 0.05) is 30.4 Å². The number of hydrogen-bond acceptors (Lipinski definition) is 5. The number of carbonyl (C=O) groups excluding carboxylic acids is 1. The highest BCUT2D eigenvalue weighted by Gasteiger charge is 2.61. The van der Waals surface area contributed by atoms with E-state index in [0.29, 0.717) is 25.9 Å². The van der Waals surface area contributed by atoms with Crippen molar-refractivity contribution in [2.24, 2.45) is 0 Å². The van der Waals surface area contributed by atoms with E-state index in [1.807, 2.05) is 4.90 Å². The van der Waals surface area contributed by atoms with Crippen molar-refractivity contribution >= 4 is 17.4 Å². The molecule has 3 heterocycles. The van der Waals surface area contributed by atoms with Crippen LogP contribution in [0, 0.1) is 0 Å². The molecule has 3 N–H and O–H groups in total. The molecular weight excluding hydrogens is 427 g/mol. The third-order valence-corrected chi connectivity index (χ3v) is 5.68. The first-order valence-electron chi connectivity index (χ1n) is 9.56. The number of piperidine rings is 1. The zero-order valence-corrected chi connectivity index (χ0v) is 16.0. The number of hydrogen-bond donors (Lipinski definition) is 3. The Morgan fingerprint density at radius 2 is 1.84 bits per heavy atom. The standard InChI is InChI=1S/C19H19F5N4O3/c20-17(21)31-12-3-1-11(2-4-12)28-7-5-10(6-8-28)15-14-16(27-26-15)25-13(29)9-18(14,30)19(22,23)24/h1-4,10,17,30H,5-9H2,(H2,25,26,27,29)/t18-/m0/s1. The van der Waals surface area contributed by atoms with Crippen LogP contribution < -0.4 is 15.0 Å². The van der Waals surface area contributed by atoms with Crippen molar-refractivity contribution in [1.29, 1.82) is 0 Å². The molecule has 1 atom stereocenters. The molecule has 1 fully saturated rings. The molecule has 0 aliphatic carbocycles. The molecule has 0 saturated carbocycles. The van der Waals surface area contributed by atoms with Gasteiger partial charge in [-0.05, 0) is 37.1 Å². The molecule has 4 rings (SSSR count). The van der Waals surface area contributed by atoms with E-state index in [0.717, 1.165) is 5.69 Å².